The Kier molecular flexibility index (Phi) is 4.24. The second-order valence-electron chi connectivity index (χ2n) is 6.85. The number of aryl methyl sites for hydroxylation is 1. The lowest BCUT2D eigenvalue weighted by molar-refractivity contribution is 0.130. The van der Waals surface area contributed by atoms with Gasteiger partial charge in [-0.05, 0) is 42.9 Å². The third kappa shape index (κ3) is 3.16. The Balaban J connectivity index is 1.30. The minimum absolute atomic E-state index is 0.171. The minimum Gasteiger partial charge on any atom is -0.493 e. The van der Waals surface area contributed by atoms with Gasteiger partial charge in [0.2, 0.25) is 5.89 Å². The van der Waals surface area contributed by atoms with E-state index in [2.05, 4.69) is 33.7 Å². The molecule has 2 heterocycles. The fourth-order valence-corrected chi connectivity index (χ4v) is 3.75. The fourth-order valence-electron chi connectivity index (χ4n) is 3.75. The van der Waals surface area contributed by atoms with Crippen LogP contribution in [-0.2, 0) is 13.0 Å². The average Bonchev–Trinajstić information content (AvgIpc) is 3.27. The molecule has 1 aliphatic heterocycles. The van der Waals surface area contributed by atoms with Gasteiger partial charge in [0.1, 0.15) is 5.75 Å². The van der Waals surface area contributed by atoms with Gasteiger partial charge in [0.25, 0.3) is 0 Å². The van der Waals surface area contributed by atoms with Crippen molar-refractivity contribution < 1.29 is 14.4 Å². The number of hydrogen-bond donors (Lipinski definition) is 2. The fraction of sp³-hybridized carbons (Fsp3) is 0.556. The molecule has 0 saturated heterocycles. The molecule has 1 aromatic heterocycles. The smallest absolute Gasteiger partial charge is 0.229 e. The molecular weight excluding hydrogens is 306 g/mol. The first kappa shape index (κ1) is 15.6. The van der Waals surface area contributed by atoms with Crippen molar-refractivity contribution in [2.45, 2.75) is 44.8 Å². The average molecular weight is 329 g/mol. The molecule has 2 aromatic rings. The van der Waals surface area contributed by atoms with Gasteiger partial charge in [0.15, 0.2) is 5.82 Å². The number of rotatable bonds is 5. The monoisotopic (exact) mass is 329 g/mol. The molecule has 4 rings (SSSR count). The van der Waals surface area contributed by atoms with Crippen LogP contribution >= 0.6 is 0 Å². The Morgan fingerprint density at radius 3 is 3.08 bits per heavy atom. The van der Waals surface area contributed by atoms with Crippen molar-refractivity contribution in [3.05, 3.63) is 41.0 Å². The second-order valence-corrected chi connectivity index (χ2v) is 6.85. The summed E-state index contributed by atoms with van der Waals surface area (Å²) in [6, 6.07) is 6.37. The van der Waals surface area contributed by atoms with Crippen molar-refractivity contribution in [3.8, 4) is 5.75 Å². The van der Waals surface area contributed by atoms with E-state index in [0.29, 0.717) is 18.1 Å². The number of ether oxygens (including phenoxy) is 1. The molecule has 0 amide bonds. The predicted molar refractivity (Wildman–Crippen MR) is 87.9 cm³/mol. The number of aromatic nitrogens is 2. The van der Waals surface area contributed by atoms with E-state index in [1.54, 1.807) is 0 Å². The lowest BCUT2D eigenvalue weighted by Gasteiger charge is -2.15. The molecule has 6 nitrogen and oxygen atoms in total. The number of aliphatic hydroxyl groups excluding tert-OH is 1. The minimum atomic E-state index is -0.317. The van der Waals surface area contributed by atoms with Gasteiger partial charge < -0.3 is 19.7 Å². The first-order chi connectivity index (χ1) is 11.7. The van der Waals surface area contributed by atoms with Gasteiger partial charge in [-0.1, -0.05) is 17.3 Å². The highest BCUT2D eigenvalue weighted by Crippen LogP contribution is 2.37. The Morgan fingerprint density at radius 2 is 2.25 bits per heavy atom. The van der Waals surface area contributed by atoms with Crippen LogP contribution in [0.15, 0.2) is 22.7 Å². The molecule has 24 heavy (non-hydrogen) atoms. The first-order valence-electron chi connectivity index (χ1n) is 8.62. The van der Waals surface area contributed by atoms with Crippen LogP contribution in [0.25, 0.3) is 0 Å². The van der Waals surface area contributed by atoms with E-state index < -0.39 is 0 Å². The molecule has 2 aliphatic rings. The molecule has 0 unspecified atom stereocenters. The van der Waals surface area contributed by atoms with E-state index in [0.717, 1.165) is 38.3 Å². The van der Waals surface area contributed by atoms with Gasteiger partial charge in [-0.2, -0.15) is 4.98 Å². The van der Waals surface area contributed by atoms with Crippen molar-refractivity contribution in [3.63, 3.8) is 0 Å². The molecule has 3 atom stereocenters. The van der Waals surface area contributed by atoms with Crippen molar-refractivity contribution in [1.29, 1.82) is 0 Å². The van der Waals surface area contributed by atoms with E-state index in [-0.39, 0.29) is 17.9 Å². The summed E-state index contributed by atoms with van der Waals surface area (Å²) in [6.45, 7) is 4.20. The first-order valence-corrected chi connectivity index (χ1v) is 8.62. The summed E-state index contributed by atoms with van der Waals surface area (Å²) in [6.07, 6.45) is 2.26. The standard InChI is InChI=1S/C18H23N3O3/c1-11-20-18(24-21-11)14-7-15(16(22)8-14)10-19-9-12-2-3-17-13(6-12)4-5-23-17/h2-3,6,14-16,19,22H,4-5,7-10H2,1H3/t14-,15+,16+/m0/s1. The maximum atomic E-state index is 10.3. The van der Waals surface area contributed by atoms with Gasteiger partial charge in [-0.25, -0.2) is 0 Å². The number of nitrogens with one attached hydrogen (secondary N) is 1. The summed E-state index contributed by atoms with van der Waals surface area (Å²) in [5, 5.41) is 17.6. The summed E-state index contributed by atoms with van der Waals surface area (Å²) < 4.78 is 10.8. The van der Waals surface area contributed by atoms with Crippen LogP contribution in [0.2, 0.25) is 0 Å². The van der Waals surface area contributed by atoms with Crippen LogP contribution < -0.4 is 10.1 Å². The van der Waals surface area contributed by atoms with E-state index in [4.69, 9.17) is 9.26 Å². The van der Waals surface area contributed by atoms with Crippen LogP contribution in [0.5, 0.6) is 5.75 Å². The molecule has 1 saturated carbocycles. The normalized spacial score (nSPS) is 25.7. The molecule has 2 N–H and O–H groups in total. The van der Waals surface area contributed by atoms with Crippen LogP contribution in [0, 0.1) is 12.8 Å². The zero-order valence-corrected chi connectivity index (χ0v) is 13.9. The van der Waals surface area contributed by atoms with E-state index in [9.17, 15) is 5.11 Å². The predicted octanol–water partition coefficient (Wildman–Crippen LogP) is 1.96. The number of benzene rings is 1. The summed E-state index contributed by atoms with van der Waals surface area (Å²) in [5.74, 6) is 2.72. The number of aliphatic hydroxyl groups is 1. The quantitative estimate of drug-likeness (QED) is 0.873. The zero-order chi connectivity index (χ0) is 16.5. The second kappa shape index (κ2) is 6.53. The van der Waals surface area contributed by atoms with Crippen LogP contribution in [0.1, 0.15) is 41.6 Å². The molecule has 128 valence electrons. The molecule has 0 bridgehead atoms. The molecule has 6 heteroatoms. The van der Waals surface area contributed by atoms with Crippen molar-refractivity contribution in [1.82, 2.24) is 15.5 Å². The van der Waals surface area contributed by atoms with Gasteiger partial charge >= 0.3 is 0 Å². The van der Waals surface area contributed by atoms with Gasteiger partial charge in [-0.3, -0.25) is 0 Å². The third-order valence-corrected chi connectivity index (χ3v) is 5.04. The summed E-state index contributed by atoms with van der Waals surface area (Å²) in [5.41, 5.74) is 2.55. The largest absolute Gasteiger partial charge is 0.493 e. The van der Waals surface area contributed by atoms with Crippen molar-refractivity contribution in [2.75, 3.05) is 13.2 Å². The summed E-state index contributed by atoms with van der Waals surface area (Å²) in [7, 11) is 0. The molecule has 1 aromatic carbocycles. The Bertz CT molecular complexity index is 715. The van der Waals surface area contributed by atoms with Crippen molar-refractivity contribution in [2.24, 2.45) is 5.92 Å². The number of fused-ring (bicyclic) bond motifs is 1. The van der Waals surface area contributed by atoms with E-state index >= 15 is 0 Å². The molecule has 0 spiro atoms. The third-order valence-electron chi connectivity index (χ3n) is 5.04. The van der Waals surface area contributed by atoms with Crippen LogP contribution in [-0.4, -0.2) is 34.5 Å². The Labute approximate surface area is 141 Å². The molecular formula is C18H23N3O3. The zero-order valence-electron chi connectivity index (χ0n) is 13.9. The number of hydrogen-bond acceptors (Lipinski definition) is 6. The maximum Gasteiger partial charge on any atom is 0.229 e. The summed E-state index contributed by atoms with van der Waals surface area (Å²) in [4.78, 5) is 4.30. The van der Waals surface area contributed by atoms with Gasteiger partial charge in [-0.15, -0.1) is 0 Å². The molecule has 1 aliphatic carbocycles. The van der Waals surface area contributed by atoms with Crippen LogP contribution in [0.3, 0.4) is 0 Å². The number of nitrogens with zero attached hydrogens (tertiary/aromatic N) is 2. The summed E-state index contributed by atoms with van der Waals surface area (Å²) >= 11 is 0. The van der Waals surface area contributed by atoms with E-state index in [1.807, 2.05) is 6.92 Å². The van der Waals surface area contributed by atoms with E-state index in [1.165, 1.54) is 11.1 Å². The Hall–Kier alpha value is -1.92. The highest BCUT2D eigenvalue weighted by Gasteiger charge is 2.36. The SMILES string of the molecule is Cc1noc([C@H]2C[C@H](CNCc3ccc4c(c3)CCO4)[C@H](O)C2)n1. The van der Waals surface area contributed by atoms with Gasteiger partial charge in [0, 0.05) is 25.4 Å². The Morgan fingerprint density at radius 1 is 1.33 bits per heavy atom. The highest BCUT2D eigenvalue weighted by atomic mass is 16.5. The maximum absolute atomic E-state index is 10.3. The van der Waals surface area contributed by atoms with Gasteiger partial charge in [0.05, 0.1) is 12.7 Å². The highest BCUT2D eigenvalue weighted by molar-refractivity contribution is 5.39. The lowest BCUT2D eigenvalue weighted by atomic mass is 10.0. The lowest BCUT2D eigenvalue weighted by Crippen LogP contribution is -2.27. The van der Waals surface area contributed by atoms with Crippen molar-refractivity contribution >= 4 is 0 Å². The van der Waals surface area contributed by atoms with Crippen LogP contribution in [0.4, 0.5) is 0 Å². The topological polar surface area (TPSA) is 80.4 Å². The molecule has 0 radical (unpaired) electrons. The molecule has 1 fully saturated rings.